The molecule has 4 nitrogen and oxygen atoms in total. The fourth-order valence-corrected chi connectivity index (χ4v) is 3.25. The van der Waals surface area contributed by atoms with Crippen molar-refractivity contribution in [3.8, 4) is 5.75 Å². The van der Waals surface area contributed by atoms with E-state index < -0.39 is 17.4 Å². The molecule has 1 aromatic carbocycles. The molecule has 1 aliphatic heterocycles. The van der Waals surface area contributed by atoms with E-state index in [1.807, 2.05) is 0 Å². The molecular formula is C15H18F2N2O2. The number of hydrogen-bond donors (Lipinski definition) is 2. The van der Waals surface area contributed by atoms with Crippen LogP contribution in [0.1, 0.15) is 19.3 Å². The molecule has 1 aromatic rings. The van der Waals surface area contributed by atoms with Crippen LogP contribution in [0.2, 0.25) is 0 Å². The van der Waals surface area contributed by atoms with Crippen molar-refractivity contribution in [3.63, 3.8) is 0 Å². The first-order valence-electron chi connectivity index (χ1n) is 7.10. The smallest absolute Gasteiger partial charge is 0.228 e. The van der Waals surface area contributed by atoms with E-state index in [9.17, 15) is 13.6 Å². The molecule has 3 rings (SSSR count). The molecule has 1 saturated heterocycles. The molecule has 114 valence electrons. The van der Waals surface area contributed by atoms with E-state index in [1.165, 1.54) is 7.11 Å². The summed E-state index contributed by atoms with van der Waals surface area (Å²) in [5, 5.41) is 5.89. The maximum absolute atomic E-state index is 13.6. The van der Waals surface area contributed by atoms with Gasteiger partial charge in [0.2, 0.25) is 5.91 Å². The average Bonchev–Trinajstić information content (AvgIpc) is 3.13. The van der Waals surface area contributed by atoms with Crippen LogP contribution in [0.15, 0.2) is 12.1 Å². The Morgan fingerprint density at radius 3 is 2.52 bits per heavy atom. The SMILES string of the molecule is COc1c(F)cc(NC(=O)C2CC23CCNCC3)cc1F. The first kappa shape index (κ1) is 14.3. The Balaban J connectivity index is 1.69. The van der Waals surface area contributed by atoms with Gasteiger partial charge in [0.1, 0.15) is 0 Å². The highest BCUT2D eigenvalue weighted by atomic mass is 19.1. The first-order valence-corrected chi connectivity index (χ1v) is 7.10. The van der Waals surface area contributed by atoms with Crippen LogP contribution >= 0.6 is 0 Å². The van der Waals surface area contributed by atoms with Crippen molar-refractivity contribution in [1.82, 2.24) is 5.32 Å². The molecule has 21 heavy (non-hydrogen) atoms. The summed E-state index contributed by atoms with van der Waals surface area (Å²) < 4.78 is 31.8. The number of nitrogens with one attached hydrogen (secondary N) is 2. The second-order valence-electron chi connectivity index (χ2n) is 5.83. The Bertz CT molecular complexity index is 548. The van der Waals surface area contributed by atoms with Gasteiger partial charge in [-0.15, -0.1) is 0 Å². The Morgan fingerprint density at radius 2 is 1.95 bits per heavy atom. The molecule has 2 fully saturated rings. The molecule has 2 aliphatic rings. The predicted octanol–water partition coefficient (Wildman–Crippen LogP) is 2.30. The standard InChI is InChI=1S/C15H18F2N2O2/c1-21-13-11(16)6-9(7-12(13)17)19-14(20)10-8-15(10)2-4-18-5-3-15/h6-7,10,18H,2-5,8H2,1H3,(H,19,20). The molecule has 6 heteroatoms. The van der Waals surface area contributed by atoms with E-state index in [-0.39, 0.29) is 22.9 Å². The van der Waals surface area contributed by atoms with E-state index >= 15 is 0 Å². The van der Waals surface area contributed by atoms with Gasteiger partial charge >= 0.3 is 0 Å². The number of methoxy groups -OCH3 is 1. The van der Waals surface area contributed by atoms with Crippen molar-refractivity contribution in [2.24, 2.45) is 11.3 Å². The maximum Gasteiger partial charge on any atom is 0.228 e. The van der Waals surface area contributed by atoms with Gasteiger partial charge in [0, 0.05) is 23.7 Å². The largest absolute Gasteiger partial charge is 0.491 e. The minimum atomic E-state index is -0.819. The minimum Gasteiger partial charge on any atom is -0.491 e. The summed E-state index contributed by atoms with van der Waals surface area (Å²) in [6, 6.07) is 2.16. The van der Waals surface area contributed by atoms with Gasteiger partial charge < -0.3 is 15.4 Å². The van der Waals surface area contributed by atoms with Crippen LogP contribution in [0, 0.1) is 23.0 Å². The molecule has 0 bridgehead atoms. The quantitative estimate of drug-likeness (QED) is 0.900. The normalized spacial score (nSPS) is 22.9. The minimum absolute atomic E-state index is 0.0483. The van der Waals surface area contributed by atoms with Gasteiger partial charge in [-0.3, -0.25) is 4.79 Å². The van der Waals surface area contributed by atoms with E-state index in [0.717, 1.165) is 44.5 Å². The lowest BCUT2D eigenvalue weighted by Gasteiger charge is -2.23. The number of ether oxygens (including phenoxy) is 1. The zero-order valence-electron chi connectivity index (χ0n) is 11.8. The number of rotatable bonds is 3. The first-order chi connectivity index (χ1) is 10.1. The monoisotopic (exact) mass is 296 g/mol. The molecule has 1 aliphatic carbocycles. The summed E-state index contributed by atoms with van der Waals surface area (Å²) in [5.74, 6) is -2.27. The summed E-state index contributed by atoms with van der Waals surface area (Å²) >= 11 is 0. The van der Waals surface area contributed by atoms with Crippen molar-refractivity contribution in [3.05, 3.63) is 23.8 Å². The summed E-state index contributed by atoms with van der Waals surface area (Å²) in [6.45, 7) is 1.85. The van der Waals surface area contributed by atoms with Gasteiger partial charge in [-0.25, -0.2) is 8.78 Å². The van der Waals surface area contributed by atoms with Gasteiger partial charge in [-0.1, -0.05) is 0 Å². The molecule has 2 N–H and O–H groups in total. The van der Waals surface area contributed by atoms with E-state index in [2.05, 4.69) is 15.4 Å². The van der Waals surface area contributed by atoms with Crippen LogP contribution in [-0.4, -0.2) is 26.1 Å². The van der Waals surface area contributed by atoms with Gasteiger partial charge in [0.25, 0.3) is 0 Å². The second kappa shape index (κ2) is 5.26. The lowest BCUT2D eigenvalue weighted by Crippen LogP contribution is -2.31. The second-order valence-corrected chi connectivity index (χ2v) is 5.83. The van der Waals surface area contributed by atoms with Crippen molar-refractivity contribution >= 4 is 11.6 Å². The third-order valence-corrected chi connectivity index (χ3v) is 4.58. The van der Waals surface area contributed by atoms with Gasteiger partial charge in [0.05, 0.1) is 7.11 Å². The summed E-state index contributed by atoms with van der Waals surface area (Å²) in [6.07, 6.45) is 2.83. The number of anilines is 1. The third kappa shape index (κ3) is 2.60. The highest BCUT2D eigenvalue weighted by Gasteiger charge is 2.57. The van der Waals surface area contributed by atoms with Crippen LogP contribution in [0.3, 0.4) is 0 Å². The van der Waals surface area contributed by atoms with Gasteiger partial charge in [0.15, 0.2) is 17.4 Å². The fraction of sp³-hybridized carbons (Fsp3) is 0.533. The lowest BCUT2D eigenvalue weighted by molar-refractivity contribution is -0.118. The van der Waals surface area contributed by atoms with Crippen LogP contribution < -0.4 is 15.4 Å². The number of carbonyl (C=O) groups is 1. The highest BCUT2D eigenvalue weighted by Crippen LogP contribution is 2.58. The molecule has 0 aromatic heterocycles. The molecule has 1 heterocycles. The summed E-state index contributed by atoms with van der Waals surface area (Å²) in [5.41, 5.74) is 0.227. The molecular weight excluding hydrogens is 278 g/mol. The lowest BCUT2D eigenvalue weighted by atomic mass is 9.92. The number of halogens is 2. The fourth-order valence-electron chi connectivity index (χ4n) is 3.25. The summed E-state index contributed by atoms with van der Waals surface area (Å²) in [4.78, 5) is 12.2. The van der Waals surface area contributed by atoms with Gasteiger partial charge in [-0.05, 0) is 37.8 Å². The Morgan fingerprint density at radius 1 is 1.33 bits per heavy atom. The molecule has 1 atom stereocenters. The van der Waals surface area contributed by atoms with E-state index in [0.29, 0.717) is 0 Å². The third-order valence-electron chi connectivity index (χ3n) is 4.58. The van der Waals surface area contributed by atoms with Crippen LogP contribution in [0.4, 0.5) is 14.5 Å². The van der Waals surface area contributed by atoms with Crippen molar-refractivity contribution in [2.75, 3.05) is 25.5 Å². The molecule has 1 spiro atoms. The number of piperidine rings is 1. The van der Waals surface area contributed by atoms with Crippen molar-refractivity contribution in [2.45, 2.75) is 19.3 Å². The zero-order chi connectivity index (χ0) is 15.0. The number of benzene rings is 1. The van der Waals surface area contributed by atoms with Crippen LogP contribution in [0.25, 0.3) is 0 Å². The topological polar surface area (TPSA) is 50.4 Å². The molecule has 1 unspecified atom stereocenters. The van der Waals surface area contributed by atoms with Crippen LogP contribution in [-0.2, 0) is 4.79 Å². The maximum atomic E-state index is 13.6. The molecule has 1 amide bonds. The number of carbonyl (C=O) groups excluding carboxylic acids is 1. The van der Waals surface area contributed by atoms with Gasteiger partial charge in [-0.2, -0.15) is 0 Å². The summed E-state index contributed by atoms with van der Waals surface area (Å²) in [7, 11) is 1.20. The van der Waals surface area contributed by atoms with Crippen molar-refractivity contribution in [1.29, 1.82) is 0 Å². The average molecular weight is 296 g/mol. The predicted molar refractivity (Wildman–Crippen MR) is 74.2 cm³/mol. The molecule has 0 radical (unpaired) electrons. The van der Waals surface area contributed by atoms with E-state index in [1.54, 1.807) is 0 Å². The number of amides is 1. The zero-order valence-corrected chi connectivity index (χ0v) is 11.8. The van der Waals surface area contributed by atoms with Crippen molar-refractivity contribution < 1.29 is 18.3 Å². The molecule has 1 saturated carbocycles. The highest BCUT2D eigenvalue weighted by molar-refractivity contribution is 5.95. The number of hydrogen-bond acceptors (Lipinski definition) is 3. The van der Waals surface area contributed by atoms with Crippen LogP contribution in [0.5, 0.6) is 5.75 Å². The Kier molecular flexibility index (Phi) is 3.57. The Hall–Kier alpha value is -1.69. The Labute approximate surface area is 121 Å². The van der Waals surface area contributed by atoms with E-state index in [4.69, 9.17) is 0 Å².